The van der Waals surface area contributed by atoms with Gasteiger partial charge in [-0.05, 0) is 24.3 Å². The molecule has 0 bridgehead atoms. The Bertz CT molecular complexity index is 1310. The number of benzene rings is 2. The molecule has 2 aromatic heterocycles. The molecular formula is C22H17F3N6O3. The van der Waals surface area contributed by atoms with Crippen LogP contribution in [0, 0.1) is 0 Å². The number of aromatic amines is 1. The van der Waals surface area contributed by atoms with E-state index in [0.717, 1.165) is 4.68 Å². The SMILES string of the molecule is COc1ccc(C(=O)c2cn(CC(=O)Nc3c(-c4ccccc4)n[nH]c3C(F)(F)F)nn2)cc1. The zero-order valence-electron chi connectivity index (χ0n) is 17.6. The number of nitrogens with zero attached hydrogens (tertiary/aromatic N) is 4. The highest BCUT2D eigenvalue weighted by Gasteiger charge is 2.38. The lowest BCUT2D eigenvalue weighted by atomic mass is 10.1. The number of methoxy groups -OCH3 is 1. The van der Waals surface area contributed by atoms with Crippen LogP contribution in [-0.2, 0) is 17.5 Å². The fourth-order valence-electron chi connectivity index (χ4n) is 3.17. The van der Waals surface area contributed by atoms with Crippen LogP contribution in [0.4, 0.5) is 18.9 Å². The summed E-state index contributed by atoms with van der Waals surface area (Å²) in [6.07, 6.45) is -3.53. The van der Waals surface area contributed by atoms with Crippen LogP contribution in [0.3, 0.4) is 0 Å². The summed E-state index contributed by atoms with van der Waals surface area (Å²) in [6.45, 7) is -0.473. The summed E-state index contributed by atoms with van der Waals surface area (Å²) >= 11 is 0. The molecule has 0 radical (unpaired) electrons. The van der Waals surface area contributed by atoms with E-state index in [4.69, 9.17) is 4.74 Å². The molecule has 0 saturated heterocycles. The van der Waals surface area contributed by atoms with Gasteiger partial charge in [-0.2, -0.15) is 18.3 Å². The number of aromatic nitrogens is 5. The Kier molecular flexibility index (Phi) is 6.13. The first-order valence-electron chi connectivity index (χ1n) is 9.86. The summed E-state index contributed by atoms with van der Waals surface area (Å²) < 4.78 is 46.5. The normalized spacial score (nSPS) is 11.3. The topological polar surface area (TPSA) is 115 Å². The number of nitrogens with one attached hydrogen (secondary N) is 2. The number of H-pyrrole nitrogens is 1. The Morgan fingerprint density at radius 1 is 1.09 bits per heavy atom. The van der Waals surface area contributed by atoms with E-state index in [0.29, 0.717) is 16.9 Å². The van der Waals surface area contributed by atoms with Gasteiger partial charge in [0.1, 0.15) is 18.0 Å². The fourth-order valence-corrected chi connectivity index (χ4v) is 3.17. The first-order valence-corrected chi connectivity index (χ1v) is 9.86. The molecule has 174 valence electrons. The van der Waals surface area contributed by atoms with Gasteiger partial charge in [0.15, 0.2) is 11.4 Å². The van der Waals surface area contributed by atoms with Crippen molar-refractivity contribution in [3.8, 4) is 17.0 Å². The van der Waals surface area contributed by atoms with Gasteiger partial charge >= 0.3 is 6.18 Å². The van der Waals surface area contributed by atoms with E-state index < -0.39 is 35.8 Å². The largest absolute Gasteiger partial charge is 0.497 e. The van der Waals surface area contributed by atoms with E-state index in [2.05, 4.69) is 20.7 Å². The lowest BCUT2D eigenvalue weighted by Crippen LogP contribution is -2.21. The molecule has 2 aromatic carbocycles. The molecule has 34 heavy (non-hydrogen) atoms. The van der Waals surface area contributed by atoms with Crippen molar-refractivity contribution < 1.29 is 27.5 Å². The zero-order chi connectivity index (χ0) is 24.3. The summed E-state index contributed by atoms with van der Waals surface area (Å²) in [7, 11) is 1.50. The second kappa shape index (κ2) is 9.17. The van der Waals surface area contributed by atoms with Crippen molar-refractivity contribution in [2.75, 3.05) is 12.4 Å². The monoisotopic (exact) mass is 470 g/mol. The highest BCUT2D eigenvalue weighted by atomic mass is 19.4. The van der Waals surface area contributed by atoms with Crippen LogP contribution in [0.2, 0.25) is 0 Å². The summed E-state index contributed by atoms with van der Waals surface area (Å²) in [5.41, 5.74) is -1.06. The van der Waals surface area contributed by atoms with Crippen LogP contribution in [0.5, 0.6) is 5.75 Å². The minimum absolute atomic E-state index is 0.0257. The Hall–Kier alpha value is -4.48. The molecule has 9 nitrogen and oxygen atoms in total. The van der Waals surface area contributed by atoms with E-state index in [1.54, 1.807) is 54.6 Å². The number of hydrogen-bond acceptors (Lipinski definition) is 6. The Balaban J connectivity index is 1.52. The average molecular weight is 470 g/mol. The number of carbonyl (C=O) groups is 2. The summed E-state index contributed by atoms with van der Waals surface area (Å²) in [4.78, 5) is 25.1. The smallest absolute Gasteiger partial charge is 0.434 e. The van der Waals surface area contributed by atoms with Crippen LogP contribution in [0.1, 0.15) is 21.7 Å². The third-order valence-corrected chi connectivity index (χ3v) is 4.79. The maximum atomic E-state index is 13.5. The molecule has 0 unspecified atom stereocenters. The molecule has 0 fully saturated rings. The van der Waals surface area contributed by atoms with Crippen molar-refractivity contribution in [1.82, 2.24) is 25.2 Å². The van der Waals surface area contributed by atoms with Crippen molar-refractivity contribution in [2.45, 2.75) is 12.7 Å². The third-order valence-electron chi connectivity index (χ3n) is 4.79. The molecule has 0 aliphatic rings. The van der Waals surface area contributed by atoms with Gasteiger partial charge in [0.2, 0.25) is 11.7 Å². The Morgan fingerprint density at radius 2 is 1.79 bits per heavy atom. The van der Waals surface area contributed by atoms with Gasteiger partial charge in [0, 0.05) is 11.1 Å². The van der Waals surface area contributed by atoms with Crippen molar-refractivity contribution in [2.24, 2.45) is 0 Å². The van der Waals surface area contributed by atoms with Crippen LogP contribution < -0.4 is 10.1 Å². The highest BCUT2D eigenvalue weighted by Crippen LogP contribution is 2.38. The summed E-state index contributed by atoms with van der Waals surface area (Å²) in [6, 6.07) is 14.4. The quantitative estimate of drug-likeness (QED) is 0.399. The number of anilines is 1. The predicted octanol–water partition coefficient (Wildman–Crippen LogP) is 3.57. The lowest BCUT2D eigenvalue weighted by molar-refractivity contribution is -0.140. The van der Waals surface area contributed by atoms with Gasteiger partial charge in [-0.15, -0.1) is 5.10 Å². The Morgan fingerprint density at radius 3 is 2.44 bits per heavy atom. The molecule has 2 heterocycles. The maximum Gasteiger partial charge on any atom is 0.434 e. The fraction of sp³-hybridized carbons (Fsp3) is 0.136. The second-order valence-corrected chi connectivity index (χ2v) is 7.09. The van der Waals surface area contributed by atoms with Crippen LogP contribution in [-0.4, -0.2) is 44.0 Å². The van der Waals surface area contributed by atoms with Crippen LogP contribution in [0.25, 0.3) is 11.3 Å². The third kappa shape index (κ3) is 4.80. The van der Waals surface area contributed by atoms with Gasteiger partial charge in [0.25, 0.3) is 0 Å². The van der Waals surface area contributed by atoms with Crippen molar-refractivity contribution >= 4 is 17.4 Å². The van der Waals surface area contributed by atoms with E-state index in [9.17, 15) is 22.8 Å². The van der Waals surface area contributed by atoms with Crippen molar-refractivity contribution in [3.63, 3.8) is 0 Å². The molecule has 0 aliphatic carbocycles. The minimum atomic E-state index is -4.77. The first-order chi connectivity index (χ1) is 16.3. The Labute approximate surface area is 190 Å². The minimum Gasteiger partial charge on any atom is -0.497 e. The molecule has 0 atom stereocenters. The molecule has 4 aromatic rings. The van der Waals surface area contributed by atoms with E-state index >= 15 is 0 Å². The van der Waals surface area contributed by atoms with Gasteiger partial charge < -0.3 is 10.1 Å². The lowest BCUT2D eigenvalue weighted by Gasteiger charge is -2.10. The maximum absolute atomic E-state index is 13.5. The number of ether oxygens (including phenoxy) is 1. The molecule has 0 aliphatic heterocycles. The van der Waals surface area contributed by atoms with Crippen LogP contribution in [0.15, 0.2) is 60.8 Å². The second-order valence-electron chi connectivity index (χ2n) is 7.09. The van der Waals surface area contributed by atoms with E-state index in [1.807, 2.05) is 5.10 Å². The molecule has 1 amide bonds. The standard InChI is InChI=1S/C22H17F3N6O3/c1-34-15-9-7-14(8-10-15)20(33)16-11-31(30-27-16)12-17(32)26-19-18(13-5-3-2-4-6-13)28-29-21(19)22(23,24)25/h2-11H,12H2,1H3,(H,26,32)(H,28,29). The summed E-state index contributed by atoms with van der Waals surface area (Å²) in [5, 5.41) is 15.4. The zero-order valence-corrected chi connectivity index (χ0v) is 17.6. The first kappa shape index (κ1) is 22.7. The number of alkyl halides is 3. The van der Waals surface area contributed by atoms with Crippen LogP contribution >= 0.6 is 0 Å². The average Bonchev–Trinajstić information content (AvgIpc) is 3.46. The summed E-state index contributed by atoms with van der Waals surface area (Å²) in [5.74, 6) is -0.670. The van der Waals surface area contributed by atoms with E-state index in [1.165, 1.54) is 13.3 Å². The van der Waals surface area contributed by atoms with Gasteiger partial charge in [-0.3, -0.25) is 14.7 Å². The predicted molar refractivity (Wildman–Crippen MR) is 114 cm³/mol. The number of halogens is 3. The molecule has 2 N–H and O–H groups in total. The van der Waals surface area contributed by atoms with Gasteiger partial charge in [0.05, 0.1) is 19.0 Å². The highest BCUT2D eigenvalue weighted by molar-refractivity contribution is 6.07. The van der Waals surface area contributed by atoms with E-state index in [-0.39, 0.29) is 11.4 Å². The molecule has 4 rings (SSSR count). The number of ketones is 1. The molecule has 0 spiro atoms. The molecule has 12 heteroatoms. The van der Waals surface area contributed by atoms with Gasteiger partial charge in [-0.25, -0.2) is 4.68 Å². The molecular weight excluding hydrogens is 453 g/mol. The molecule has 0 saturated carbocycles. The number of carbonyl (C=O) groups excluding carboxylic acids is 2. The number of amides is 1. The van der Waals surface area contributed by atoms with Gasteiger partial charge in [-0.1, -0.05) is 35.5 Å². The number of hydrogen-bond donors (Lipinski definition) is 2. The van der Waals surface area contributed by atoms with Crippen molar-refractivity contribution in [3.05, 3.63) is 77.7 Å². The number of rotatable bonds is 7. The van der Waals surface area contributed by atoms with Crippen molar-refractivity contribution in [1.29, 1.82) is 0 Å².